The molecule has 21 heavy (non-hydrogen) atoms. The number of carbonyl (C=O) groups is 2. The molecule has 1 amide bonds. The Bertz CT molecular complexity index is 663. The lowest BCUT2D eigenvalue weighted by molar-refractivity contribution is -0.144. The fourth-order valence-electron chi connectivity index (χ4n) is 2.17. The number of ether oxygens (including phenoxy) is 1. The van der Waals surface area contributed by atoms with Gasteiger partial charge >= 0.3 is 5.97 Å². The van der Waals surface area contributed by atoms with Crippen molar-refractivity contribution >= 4 is 11.9 Å². The van der Waals surface area contributed by atoms with E-state index in [9.17, 15) is 19.2 Å². The molecular weight excluding hydrogens is 282 g/mol. The normalized spacial score (nSPS) is 21.2. The third-order valence-corrected chi connectivity index (χ3v) is 3.44. The van der Waals surface area contributed by atoms with Crippen LogP contribution >= 0.6 is 0 Å². The van der Waals surface area contributed by atoms with Crippen LogP contribution in [0.4, 0.5) is 0 Å². The Balaban J connectivity index is 2.13. The molecular formula is C12H15N3O6. The van der Waals surface area contributed by atoms with Gasteiger partial charge in [-0.25, -0.2) is 4.68 Å². The van der Waals surface area contributed by atoms with E-state index in [4.69, 9.17) is 9.84 Å². The zero-order chi connectivity index (χ0) is 15.6. The fraction of sp³-hybridized carbons (Fsp3) is 0.500. The highest BCUT2D eigenvalue weighted by molar-refractivity contribution is 5.78. The quantitative estimate of drug-likeness (QED) is 0.669. The van der Waals surface area contributed by atoms with Crippen LogP contribution in [0.25, 0.3) is 0 Å². The van der Waals surface area contributed by atoms with Gasteiger partial charge in [-0.3, -0.25) is 24.3 Å². The summed E-state index contributed by atoms with van der Waals surface area (Å²) in [7, 11) is 1.45. The minimum atomic E-state index is -1.04. The summed E-state index contributed by atoms with van der Waals surface area (Å²) in [4.78, 5) is 47.1. The molecule has 0 radical (unpaired) electrons. The average molecular weight is 297 g/mol. The van der Waals surface area contributed by atoms with Gasteiger partial charge in [0.25, 0.3) is 11.1 Å². The van der Waals surface area contributed by atoms with Crippen molar-refractivity contribution in [3.8, 4) is 0 Å². The lowest BCUT2D eigenvalue weighted by atomic mass is 10.0. The molecule has 114 valence electrons. The van der Waals surface area contributed by atoms with Gasteiger partial charge in [0.05, 0.1) is 19.3 Å². The van der Waals surface area contributed by atoms with Gasteiger partial charge in [-0.15, -0.1) is 0 Å². The van der Waals surface area contributed by atoms with Crippen molar-refractivity contribution in [3.05, 3.63) is 32.8 Å². The highest BCUT2D eigenvalue weighted by atomic mass is 16.5. The molecule has 2 heterocycles. The maximum Gasteiger partial charge on any atom is 0.311 e. The lowest BCUT2D eigenvalue weighted by Gasteiger charge is -2.26. The summed E-state index contributed by atoms with van der Waals surface area (Å²) in [6.45, 7) is -0.201. The molecule has 2 atom stereocenters. The first-order valence-electron chi connectivity index (χ1n) is 6.26. The van der Waals surface area contributed by atoms with Crippen molar-refractivity contribution in [3.63, 3.8) is 0 Å². The monoisotopic (exact) mass is 297 g/mol. The van der Waals surface area contributed by atoms with Gasteiger partial charge in [0.1, 0.15) is 12.5 Å². The molecule has 1 aliphatic heterocycles. The molecule has 0 bridgehead atoms. The number of nitrogens with zero attached hydrogens (tertiary/aromatic N) is 2. The van der Waals surface area contributed by atoms with Gasteiger partial charge in [-0.05, 0) is 0 Å². The maximum atomic E-state index is 12.1. The van der Waals surface area contributed by atoms with E-state index in [1.54, 1.807) is 0 Å². The molecule has 2 unspecified atom stereocenters. The Kier molecular flexibility index (Phi) is 4.22. The van der Waals surface area contributed by atoms with Crippen LogP contribution in [0.1, 0.15) is 0 Å². The highest BCUT2D eigenvalue weighted by Gasteiger charge is 2.38. The Labute approximate surface area is 118 Å². The van der Waals surface area contributed by atoms with Crippen molar-refractivity contribution < 1.29 is 19.4 Å². The summed E-state index contributed by atoms with van der Waals surface area (Å²) in [6.07, 6.45) is 0. The maximum absolute atomic E-state index is 12.1. The first-order valence-corrected chi connectivity index (χ1v) is 6.26. The predicted molar refractivity (Wildman–Crippen MR) is 69.8 cm³/mol. The van der Waals surface area contributed by atoms with Gasteiger partial charge < -0.3 is 14.7 Å². The molecule has 0 spiro atoms. The first-order chi connectivity index (χ1) is 9.90. The van der Waals surface area contributed by atoms with Crippen LogP contribution in [-0.4, -0.2) is 58.0 Å². The van der Waals surface area contributed by atoms with Crippen LogP contribution in [0.2, 0.25) is 0 Å². The molecule has 1 aliphatic rings. The van der Waals surface area contributed by atoms with Crippen LogP contribution in [0.5, 0.6) is 0 Å². The molecule has 1 saturated heterocycles. The zero-order valence-corrected chi connectivity index (χ0v) is 11.3. The molecule has 0 aromatic carbocycles. The second kappa shape index (κ2) is 5.92. The summed E-state index contributed by atoms with van der Waals surface area (Å²) < 4.78 is 5.98. The third-order valence-electron chi connectivity index (χ3n) is 3.44. The molecule has 9 heteroatoms. The molecule has 2 rings (SSSR count). The number of H-pyrrole nitrogens is 1. The number of carboxylic acid groups (broad SMARTS) is 1. The summed E-state index contributed by atoms with van der Waals surface area (Å²) in [5.41, 5.74) is -1.02. The van der Waals surface area contributed by atoms with Crippen LogP contribution in [0, 0.1) is 5.92 Å². The molecule has 9 nitrogen and oxygen atoms in total. The van der Waals surface area contributed by atoms with Crippen molar-refractivity contribution in [1.82, 2.24) is 14.7 Å². The number of carboxylic acids is 1. The number of likely N-dealkylation sites (N-methyl/N-ethyl adjacent to an activating group) is 1. The van der Waals surface area contributed by atoms with Crippen LogP contribution in [-0.2, 0) is 20.9 Å². The Morgan fingerprint density at radius 3 is 2.81 bits per heavy atom. The number of rotatable bonds is 4. The standard InChI is InChI=1S/C12H15N3O6/c1-14(8-6-21-5-7(8)12(19)20)11(18)4-15-10(17)3-2-9(16)13-15/h2-3,7-8H,4-6H2,1H3,(H,13,16)(H,19,20). The Morgan fingerprint density at radius 2 is 2.14 bits per heavy atom. The number of hydrogen-bond donors (Lipinski definition) is 2. The number of aromatic nitrogens is 2. The molecule has 2 N–H and O–H groups in total. The van der Waals surface area contributed by atoms with Crippen molar-refractivity contribution in [2.24, 2.45) is 5.92 Å². The summed E-state index contributed by atoms with van der Waals surface area (Å²) in [5, 5.41) is 11.3. The van der Waals surface area contributed by atoms with E-state index in [1.807, 2.05) is 0 Å². The summed E-state index contributed by atoms with van der Waals surface area (Å²) in [5.74, 6) is -2.33. The minimum Gasteiger partial charge on any atom is -0.481 e. The van der Waals surface area contributed by atoms with Gasteiger partial charge in [0, 0.05) is 19.2 Å². The van der Waals surface area contributed by atoms with Gasteiger partial charge in [0.2, 0.25) is 5.91 Å². The number of aromatic amines is 1. The van der Waals surface area contributed by atoms with Gasteiger partial charge in [0.15, 0.2) is 0 Å². The number of carbonyl (C=O) groups excluding carboxylic acids is 1. The molecule has 0 aliphatic carbocycles. The van der Waals surface area contributed by atoms with Gasteiger partial charge in [-0.2, -0.15) is 0 Å². The third kappa shape index (κ3) is 3.19. The van der Waals surface area contributed by atoms with Crippen molar-refractivity contribution in [2.45, 2.75) is 12.6 Å². The largest absolute Gasteiger partial charge is 0.481 e. The zero-order valence-electron chi connectivity index (χ0n) is 11.3. The lowest BCUT2D eigenvalue weighted by Crippen LogP contribution is -2.46. The minimum absolute atomic E-state index is 0.0414. The van der Waals surface area contributed by atoms with Crippen molar-refractivity contribution in [2.75, 3.05) is 20.3 Å². The fourth-order valence-corrected chi connectivity index (χ4v) is 2.17. The second-order valence-electron chi connectivity index (χ2n) is 4.79. The van der Waals surface area contributed by atoms with E-state index in [0.717, 1.165) is 16.8 Å². The van der Waals surface area contributed by atoms with Crippen LogP contribution < -0.4 is 11.1 Å². The Morgan fingerprint density at radius 1 is 1.43 bits per heavy atom. The predicted octanol–water partition coefficient (Wildman–Crippen LogP) is -1.91. The molecule has 1 fully saturated rings. The number of amides is 1. The summed E-state index contributed by atoms with van der Waals surface area (Å²) in [6, 6.07) is 1.53. The first kappa shape index (κ1) is 15.0. The highest BCUT2D eigenvalue weighted by Crippen LogP contribution is 2.19. The molecule has 0 saturated carbocycles. The Hall–Kier alpha value is -2.42. The van der Waals surface area contributed by atoms with E-state index in [-0.39, 0.29) is 19.8 Å². The number of hydrogen-bond acceptors (Lipinski definition) is 5. The van der Waals surface area contributed by atoms with E-state index in [1.165, 1.54) is 11.9 Å². The van der Waals surface area contributed by atoms with Crippen LogP contribution in [0.3, 0.4) is 0 Å². The van der Waals surface area contributed by atoms with Crippen LogP contribution in [0.15, 0.2) is 21.7 Å². The average Bonchev–Trinajstić information content (AvgIpc) is 2.91. The smallest absolute Gasteiger partial charge is 0.311 e. The van der Waals surface area contributed by atoms with E-state index < -0.39 is 35.0 Å². The summed E-state index contributed by atoms with van der Waals surface area (Å²) >= 11 is 0. The van der Waals surface area contributed by atoms with E-state index >= 15 is 0 Å². The van der Waals surface area contributed by atoms with Gasteiger partial charge in [-0.1, -0.05) is 0 Å². The second-order valence-corrected chi connectivity index (χ2v) is 4.79. The number of aliphatic carboxylic acids is 1. The molecule has 1 aromatic rings. The topological polar surface area (TPSA) is 122 Å². The van der Waals surface area contributed by atoms with E-state index in [0.29, 0.717) is 0 Å². The SMILES string of the molecule is CN(C(=O)Cn1[nH]c(=O)ccc1=O)C1COCC1C(=O)O. The molecule has 1 aromatic heterocycles. The van der Waals surface area contributed by atoms with E-state index in [2.05, 4.69) is 5.10 Å². The number of nitrogens with one attached hydrogen (secondary N) is 1. The van der Waals surface area contributed by atoms with Crippen molar-refractivity contribution in [1.29, 1.82) is 0 Å².